The molecule has 0 saturated heterocycles. The number of carbonyl (C=O) groups excluding carboxylic acids is 1. The van der Waals surface area contributed by atoms with Gasteiger partial charge in [-0.3, -0.25) is 4.79 Å². The SMILES string of the molecule is CCc1cccc(CNC[C@@H](O)[C@H](Cc2cc(F)cc(F)c2)NC(=O)c2ccc3onc(CC(C)C)c3c2)c1. The van der Waals surface area contributed by atoms with E-state index in [2.05, 4.69) is 48.7 Å². The molecule has 0 fully saturated rings. The minimum atomic E-state index is -1.02. The topological polar surface area (TPSA) is 87.4 Å². The predicted molar refractivity (Wildman–Crippen MR) is 147 cm³/mol. The van der Waals surface area contributed by atoms with Crippen LogP contribution in [0.5, 0.6) is 0 Å². The highest BCUT2D eigenvalue weighted by molar-refractivity contribution is 5.98. The van der Waals surface area contributed by atoms with E-state index in [-0.39, 0.29) is 13.0 Å². The molecule has 3 aromatic carbocycles. The van der Waals surface area contributed by atoms with Gasteiger partial charge >= 0.3 is 0 Å². The number of halogens is 2. The number of fused-ring (bicyclic) bond motifs is 1. The first-order chi connectivity index (χ1) is 18.7. The molecule has 1 aromatic heterocycles. The lowest BCUT2D eigenvalue weighted by molar-refractivity contribution is 0.0830. The van der Waals surface area contributed by atoms with Crippen LogP contribution in [0.4, 0.5) is 8.78 Å². The lowest BCUT2D eigenvalue weighted by Gasteiger charge is -2.25. The van der Waals surface area contributed by atoms with Gasteiger partial charge in [-0.15, -0.1) is 0 Å². The molecule has 1 heterocycles. The zero-order valence-corrected chi connectivity index (χ0v) is 22.5. The van der Waals surface area contributed by atoms with Gasteiger partial charge in [0.05, 0.1) is 17.8 Å². The van der Waals surface area contributed by atoms with Crippen LogP contribution in [0, 0.1) is 17.6 Å². The molecule has 0 aliphatic carbocycles. The molecule has 3 N–H and O–H groups in total. The lowest BCUT2D eigenvalue weighted by atomic mass is 9.99. The largest absolute Gasteiger partial charge is 0.390 e. The molecule has 0 radical (unpaired) electrons. The number of nitrogens with zero attached hydrogens (tertiary/aromatic N) is 1. The maximum Gasteiger partial charge on any atom is 0.251 e. The standard InChI is InChI=1S/C31H35F2N3O3/c1-4-20-6-5-7-21(11-20)17-34-18-29(37)28(14-22-12-24(32)16-25(33)13-22)35-31(38)23-8-9-30-26(15-23)27(36-39-30)10-19(2)3/h5-9,11-13,15-16,19,28-29,34,37H,4,10,14,17-18H2,1-3H3,(H,35,38)/t28-,29+/m0/s1. The predicted octanol–water partition coefficient (Wildman–Crippen LogP) is 5.36. The van der Waals surface area contributed by atoms with Crippen molar-refractivity contribution in [1.29, 1.82) is 0 Å². The Hall–Kier alpha value is -3.62. The lowest BCUT2D eigenvalue weighted by Crippen LogP contribution is -2.48. The molecular formula is C31H35F2N3O3. The molecule has 0 spiro atoms. The minimum absolute atomic E-state index is 0.0443. The van der Waals surface area contributed by atoms with Gasteiger partial charge in [0.2, 0.25) is 0 Å². The Morgan fingerprint density at radius 3 is 2.44 bits per heavy atom. The molecule has 4 rings (SSSR count). The maximum absolute atomic E-state index is 13.9. The van der Waals surface area contributed by atoms with Crippen LogP contribution in [0.25, 0.3) is 11.0 Å². The fourth-order valence-corrected chi connectivity index (χ4v) is 4.65. The van der Waals surface area contributed by atoms with Crippen LogP contribution in [0.3, 0.4) is 0 Å². The number of amides is 1. The third-order valence-corrected chi connectivity index (χ3v) is 6.65. The second kappa shape index (κ2) is 13.0. The minimum Gasteiger partial charge on any atom is -0.390 e. The number of aromatic nitrogens is 1. The molecule has 6 nitrogen and oxygen atoms in total. The number of carbonyl (C=O) groups is 1. The fraction of sp³-hybridized carbons (Fsp3) is 0.355. The summed E-state index contributed by atoms with van der Waals surface area (Å²) in [6, 6.07) is 15.6. The van der Waals surface area contributed by atoms with Gasteiger partial charge in [-0.05, 0) is 72.2 Å². The molecule has 4 aromatic rings. The molecule has 0 aliphatic rings. The first-order valence-electron chi connectivity index (χ1n) is 13.3. The number of rotatable bonds is 12. The number of hydrogen-bond donors (Lipinski definition) is 3. The van der Waals surface area contributed by atoms with Gasteiger partial charge in [-0.2, -0.15) is 0 Å². The Bertz CT molecular complexity index is 1400. The Balaban J connectivity index is 1.51. The van der Waals surface area contributed by atoms with E-state index in [4.69, 9.17) is 4.52 Å². The van der Waals surface area contributed by atoms with Gasteiger partial charge in [-0.1, -0.05) is 50.2 Å². The summed E-state index contributed by atoms with van der Waals surface area (Å²) in [7, 11) is 0. The summed E-state index contributed by atoms with van der Waals surface area (Å²) >= 11 is 0. The summed E-state index contributed by atoms with van der Waals surface area (Å²) in [5.74, 6) is -1.48. The summed E-state index contributed by atoms with van der Waals surface area (Å²) in [5.41, 5.74) is 4.37. The summed E-state index contributed by atoms with van der Waals surface area (Å²) in [5, 5.41) is 22.1. The van der Waals surface area contributed by atoms with Crippen molar-refractivity contribution in [1.82, 2.24) is 15.8 Å². The van der Waals surface area contributed by atoms with Crippen molar-refractivity contribution in [2.75, 3.05) is 6.54 Å². The molecule has 1 amide bonds. The first kappa shape index (κ1) is 28.4. The quantitative estimate of drug-likeness (QED) is 0.227. The maximum atomic E-state index is 13.9. The zero-order valence-electron chi connectivity index (χ0n) is 22.5. The Morgan fingerprint density at radius 2 is 1.72 bits per heavy atom. The van der Waals surface area contributed by atoms with E-state index in [1.807, 2.05) is 12.1 Å². The normalized spacial score (nSPS) is 13.1. The van der Waals surface area contributed by atoms with Gasteiger partial charge in [-0.25, -0.2) is 8.78 Å². The Morgan fingerprint density at radius 1 is 0.974 bits per heavy atom. The Kier molecular flexibility index (Phi) is 9.43. The second-order valence-electron chi connectivity index (χ2n) is 10.4. The van der Waals surface area contributed by atoms with E-state index in [0.717, 1.165) is 29.1 Å². The van der Waals surface area contributed by atoms with Crippen LogP contribution in [-0.2, 0) is 25.8 Å². The van der Waals surface area contributed by atoms with Crippen molar-refractivity contribution >= 4 is 16.9 Å². The van der Waals surface area contributed by atoms with E-state index in [0.29, 0.717) is 35.6 Å². The molecule has 39 heavy (non-hydrogen) atoms. The average Bonchev–Trinajstić information content (AvgIpc) is 3.29. The van der Waals surface area contributed by atoms with Crippen molar-refractivity contribution in [3.05, 3.63) is 100 Å². The van der Waals surface area contributed by atoms with Crippen LogP contribution >= 0.6 is 0 Å². The summed E-state index contributed by atoms with van der Waals surface area (Å²) < 4.78 is 33.2. The van der Waals surface area contributed by atoms with Crippen LogP contribution in [0.1, 0.15) is 53.5 Å². The number of hydrogen-bond acceptors (Lipinski definition) is 5. The van der Waals surface area contributed by atoms with Crippen molar-refractivity contribution in [2.24, 2.45) is 5.92 Å². The zero-order chi connectivity index (χ0) is 27.9. The average molecular weight is 536 g/mol. The van der Waals surface area contributed by atoms with Crippen molar-refractivity contribution < 1.29 is 23.2 Å². The number of benzene rings is 3. The highest BCUT2D eigenvalue weighted by Crippen LogP contribution is 2.23. The molecule has 8 heteroatoms. The van der Waals surface area contributed by atoms with E-state index >= 15 is 0 Å². The van der Waals surface area contributed by atoms with E-state index < -0.39 is 29.7 Å². The van der Waals surface area contributed by atoms with Crippen LogP contribution in [0.15, 0.2) is 65.2 Å². The second-order valence-corrected chi connectivity index (χ2v) is 10.4. The van der Waals surface area contributed by atoms with E-state index in [1.54, 1.807) is 18.2 Å². The molecule has 0 unspecified atom stereocenters. The van der Waals surface area contributed by atoms with Gasteiger partial charge in [0.15, 0.2) is 5.58 Å². The Labute approximate surface area is 227 Å². The highest BCUT2D eigenvalue weighted by Gasteiger charge is 2.24. The molecule has 206 valence electrons. The number of nitrogens with one attached hydrogen (secondary N) is 2. The fourth-order valence-electron chi connectivity index (χ4n) is 4.65. The van der Waals surface area contributed by atoms with Crippen LogP contribution in [-0.4, -0.2) is 34.9 Å². The number of aliphatic hydroxyl groups excluding tert-OH is 1. The number of aryl methyl sites for hydroxylation is 1. The van der Waals surface area contributed by atoms with Gasteiger partial charge in [0.25, 0.3) is 5.91 Å². The third-order valence-electron chi connectivity index (χ3n) is 6.65. The van der Waals surface area contributed by atoms with Crippen molar-refractivity contribution in [3.8, 4) is 0 Å². The van der Waals surface area contributed by atoms with Crippen LogP contribution < -0.4 is 10.6 Å². The molecule has 0 aliphatic heterocycles. The van der Waals surface area contributed by atoms with Crippen molar-refractivity contribution in [2.45, 2.75) is 58.7 Å². The van der Waals surface area contributed by atoms with E-state index in [1.165, 1.54) is 17.7 Å². The van der Waals surface area contributed by atoms with E-state index in [9.17, 15) is 18.7 Å². The first-order valence-corrected chi connectivity index (χ1v) is 13.3. The molecule has 2 atom stereocenters. The smallest absolute Gasteiger partial charge is 0.251 e. The summed E-state index contributed by atoms with van der Waals surface area (Å²) in [6.45, 7) is 6.94. The van der Waals surface area contributed by atoms with Crippen LogP contribution in [0.2, 0.25) is 0 Å². The monoisotopic (exact) mass is 535 g/mol. The van der Waals surface area contributed by atoms with Gasteiger partial charge in [0, 0.05) is 30.1 Å². The van der Waals surface area contributed by atoms with Gasteiger partial charge < -0.3 is 20.3 Å². The molecular weight excluding hydrogens is 500 g/mol. The molecule has 0 saturated carbocycles. The summed E-state index contributed by atoms with van der Waals surface area (Å²) in [6.07, 6.45) is 0.652. The third kappa shape index (κ3) is 7.71. The molecule has 0 bridgehead atoms. The highest BCUT2D eigenvalue weighted by atomic mass is 19.1. The van der Waals surface area contributed by atoms with Crippen molar-refractivity contribution in [3.63, 3.8) is 0 Å². The van der Waals surface area contributed by atoms with Gasteiger partial charge in [0.1, 0.15) is 11.6 Å². The number of aliphatic hydroxyl groups is 1. The summed E-state index contributed by atoms with van der Waals surface area (Å²) in [4.78, 5) is 13.3.